The van der Waals surface area contributed by atoms with E-state index in [0.717, 1.165) is 45.6 Å². The lowest BCUT2D eigenvalue weighted by Crippen LogP contribution is -2.19. The van der Waals surface area contributed by atoms with Crippen LogP contribution in [0.1, 0.15) is 0 Å². The van der Waals surface area contributed by atoms with Crippen LogP contribution in [-0.2, 0) is 0 Å². The maximum absolute atomic E-state index is 5.85. The lowest BCUT2D eigenvalue weighted by Gasteiger charge is -2.11. The van der Waals surface area contributed by atoms with Gasteiger partial charge in [-0.1, -0.05) is 6.07 Å². The van der Waals surface area contributed by atoms with Crippen molar-refractivity contribution in [1.82, 2.24) is 45.0 Å². The molecule has 0 saturated carbocycles. The predicted octanol–water partition coefficient (Wildman–Crippen LogP) is 3.96. The molecule has 0 aliphatic carbocycles. The minimum absolute atomic E-state index is 0.581. The van der Waals surface area contributed by atoms with Crippen molar-refractivity contribution in [3.05, 3.63) is 67.4 Å². The summed E-state index contributed by atoms with van der Waals surface area (Å²) in [6.07, 6.45) is 8.77. The Morgan fingerprint density at radius 3 is 2.67 bits per heavy atom. The van der Waals surface area contributed by atoms with Crippen molar-refractivity contribution in [3.8, 4) is 39.8 Å². The molecule has 10 nitrogen and oxygen atoms in total. The summed E-state index contributed by atoms with van der Waals surface area (Å²) < 4.78 is 5.85. The van der Waals surface area contributed by atoms with E-state index in [1.54, 1.807) is 31.0 Å². The first-order valence-electron chi connectivity index (χ1n) is 11.5. The molecule has 0 aliphatic heterocycles. The number of hydrogen-bond acceptors (Lipinski definition) is 8. The van der Waals surface area contributed by atoms with Gasteiger partial charge in [-0.05, 0) is 44.4 Å². The fourth-order valence-corrected chi connectivity index (χ4v) is 3.96. The van der Waals surface area contributed by atoms with Crippen LogP contribution in [0.15, 0.2) is 67.4 Å². The van der Waals surface area contributed by atoms with Crippen molar-refractivity contribution in [3.63, 3.8) is 0 Å². The minimum Gasteiger partial charge on any atom is -0.491 e. The molecule has 178 valence electrons. The Morgan fingerprint density at radius 2 is 1.81 bits per heavy atom. The van der Waals surface area contributed by atoms with Crippen molar-refractivity contribution >= 4 is 22.1 Å². The Balaban J connectivity index is 1.38. The average Bonchev–Trinajstić information content (AvgIpc) is 3.53. The van der Waals surface area contributed by atoms with E-state index in [1.165, 1.54) is 0 Å². The molecule has 0 spiro atoms. The van der Waals surface area contributed by atoms with Crippen molar-refractivity contribution < 1.29 is 4.74 Å². The van der Waals surface area contributed by atoms with E-state index in [-0.39, 0.29) is 0 Å². The molecule has 0 amide bonds. The summed E-state index contributed by atoms with van der Waals surface area (Å²) in [4.78, 5) is 28.3. The molecule has 6 heterocycles. The summed E-state index contributed by atoms with van der Waals surface area (Å²) in [6, 6.07) is 11.6. The monoisotopic (exact) mass is 477 g/mol. The average molecular weight is 478 g/mol. The highest BCUT2D eigenvalue weighted by atomic mass is 16.5. The van der Waals surface area contributed by atoms with Crippen molar-refractivity contribution in [2.45, 2.75) is 0 Å². The van der Waals surface area contributed by atoms with Gasteiger partial charge in [-0.2, -0.15) is 5.10 Å². The second-order valence-corrected chi connectivity index (χ2v) is 8.61. The molecule has 0 aliphatic rings. The molecule has 36 heavy (non-hydrogen) atoms. The second-order valence-electron chi connectivity index (χ2n) is 8.61. The molecular weight excluding hydrogens is 454 g/mol. The highest BCUT2D eigenvalue weighted by Crippen LogP contribution is 2.31. The van der Waals surface area contributed by atoms with E-state index in [2.05, 4.69) is 35.0 Å². The van der Waals surface area contributed by atoms with E-state index < -0.39 is 0 Å². The van der Waals surface area contributed by atoms with Gasteiger partial charge >= 0.3 is 0 Å². The first-order valence-corrected chi connectivity index (χ1v) is 11.5. The summed E-state index contributed by atoms with van der Waals surface area (Å²) in [6.45, 7) is 1.40. The highest BCUT2D eigenvalue weighted by molar-refractivity contribution is 5.95. The molecule has 0 aromatic carbocycles. The maximum atomic E-state index is 5.85. The van der Waals surface area contributed by atoms with E-state index in [4.69, 9.17) is 14.7 Å². The summed E-state index contributed by atoms with van der Waals surface area (Å²) in [7, 11) is 4.02. The van der Waals surface area contributed by atoms with Crippen LogP contribution in [0.3, 0.4) is 0 Å². The van der Waals surface area contributed by atoms with Gasteiger partial charge in [0, 0.05) is 36.3 Å². The molecule has 0 fully saturated rings. The summed E-state index contributed by atoms with van der Waals surface area (Å²) >= 11 is 0. The van der Waals surface area contributed by atoms with Gasteiger partial charge in [0.1, 0.15) is 23.4 Å². The maximum Gasteiger partial charge on any atom is 0.161 e. The molecule has 0 bridgehead atoms. The van der Waals surface area contributed by atoms with Crippen LogP contribution in [0.2, 0.25) is 0 Å². The molecule has 0 unspecified atom stereocenters. The third-order valence-corrected chi connectivity index (χ3v) is 5.78. The Morgan fingerprint density at radius 1 is 0.889 bits per heavy atom. The van der Waals surface area contributed by atoms with Gasteiger partial charge in [-0.15, -0.1) is 0 Å². The molecular formula is C26H23N9O. The lowest BCUT2D eigenvalue weighted by atomic mass is 10.1. The second kappa shape index (κ2) is 9.16. The van der Waals surface area contributed by atoms with Crippen LogP contribution >= 0.6 is 0 Å². The molecule has 6 rings (SSSR count). The van der Waals surface area contributed by atoms with Crippen LogP contribution in [0.4, 0.5) is 0 Å². The van der Waals surface area contributed by atoms with Crippen molar-refractivity contribution in [2.24, 2.45) is 0 Å². The van der Waals surface area contributed by atoms with Crippen LogP contribution < -0.4 is 4.74 Å². The molecule has 0 radical (unpaired) electrons. The molecule has 6 aromatic heterocycles. The molecule has 6 aromatic rings. The molecule has 2 N–H and O–H groups in total. The number of nitrogens with one attached hydrogen (secondary N) is 2. The largest absolute Gasteiger partial charge is 0.491 e. The number of aromatic nitrogens is 8. The van der Waals surface area contributed by atoms with Gasteiger partial charge in [-0.25, -0.2) is 9.97 Å². The van der Waals surface area contributed by atoms with Crippen LogP contribution in [0, 0.1) is 0 Å². The number of rotatable bonds is 7. The smallest absolute Gasteiger partial charge is 0.161 e. The molecule has 10 heteroatoms. The topological polar surface area (TPSA) is 121 Å². The summed E-state index contributed by atoms with van der Waals surface area (Å²) in [5.74, 6) is 1.31. The van der Waals surface area contributed by atoms with Gasteiger partial charge in [0.05, 0.1) is 34.8 Å². The molecule has 0 saturated heterocycles. The van der Waals surface area contributed by atoms with E-state index >= 15 is 0 Å². The van der Waals surface area contributed by atoms with Gasteiger partial charge in [0.25, 0.3) is 0 Å². The van der Waals surface area contributed by atoms with Gasteiger partial charge in [0.2, 0.25) is 0 Å². The number of pyridine rings is 4. The zero-order valence-electron chi connectivity index (χ0n) is 19.8. The number of likely N-dealkylation sites (N-methyl/N-ethyl adjacent to an activating group) is 1. The van der Waals surface area contributed by atoms with Crippen molar-refractivity contribution in [2.75, 3.05) is 27.2 Å². The number of hydrogen-bond donors (Lipinski definition) is 2. The number of fused-ring (bicyclic) bond motifs is 2. The SMILES string of the molecule is CN(C)CCOc1cncc(-c2ccc3[nH]nc(-c4nc5c(-c6ccccn6)cncc5[nH]4)c3n2)c1. The summed E-state index contributed by atoms with van der Waals surface area (Å²) in [5.41, 5.74) is 7.00. The van der Waals surface area contributed by atoms with Gasteiger partial charge in [0.15, 0.2) is 11.5 Å². The third kappa shape index (κ3) is 4.14. The van der Waals surface area contributed by atoms with E-state index in [1.807, 2.05) is 50.5 Å². The number of imidazole rings is 1. The predicted molar refractivity (Wildman–Crippen MR) is 137 cm³/mol. The van der Waals surface area contributed by atoms with Crippen LogP contribution in [-0.4, -0.2) is 72.2 Å². The number of H-pyrrole nitrogens is 2. The van der Waals surface area contributed by atoms with E-state index in [0.29, 0.717) is 29.4 Å². The number of aromatic amines is 2. The first kappa shape index (κ1) is 21.8. The lowest BCUT2D eigenvalue weighted by molar-refractivity contribution is 0.261. The highest BCUT2D eigenvalue weighted by Gasteiger charge is 2.17. The Labute approximate surface area is 206 Å². The van der Waals surface area contributed by atoms with Crippen LogP contribution in [0.5, 0.6) is 5.75 Å². The standard InChI is InChI=1S/C26H23N9O/c1-35(2)9-10-36-17-11-16(12-27-13-17)19-6-7-21-24(30-19)25(34-33-21)26-31-22-15-28-14-18(23(22)32-26)20-5-3-4-8-29-20/h3-8,11-15H,9-10H2,1-2H3,(H,31,32)(H,33,34). The number of ether oxygens (including phenoxy) is 1. The van der Waals surface area contributed by atoms with E-state index in [9.17, 15) is 0 Å². The third-order valence-electron chi connectivity index (χ3n) is 5.78. The van der Waals surface area contributed by atoms with Gasteiger partial charge < -0.3 is 14.6 Å². The molecule has 0 atom stereocenters. The normalized spacial score (nSPS) is 11.5. The quantitative estimate of drug-likeness (QED) is 0.354. The minimum atomic E-state index is 0.581. The summed E-state index contributed by atoms with van der Waals surface area (Å²) in [5, 5.41) is 7.57. The number of nitrogens with zero attached hydrogens (tertiary/aromatic N) is 7. The van der Waals surface area contributed by atoms with Crippen LogP contribution in [0.25, 0.3) is 56.1 Å². The van der Waals surface area contributed by atoms with Gasteiger partial charge in [-0.3, -0.25) is 20.1 Å². The Bertz CT molecular complexity index is 1660. The Kier molecular flexibility index (Phi) is 5.55. The Hall–Kier alpha value is -4.70. The van der Waals surface area contributed by atoms with Crippen molar-refractivity contribution in [1.29, 1.82) is 0 Å². The fraction of sp³-hybridized carbons (Fsp3) is 0.154. The fourth-order valence-electron chi connectivity index (χ4n) is 3.96. The zero-order chi connectivity index (χ0) is 24.5. The first-order chi connectivity index (χ1) is 17.7. The zero-order valence-corrected chi connectivity index (χ0v) is 19.8.